The molecule has 0 aromatic heterocycles. The summed E-state index contributed by atoms with van der Waals surface area (Å²) in [6, 6.07) is 5.76. The molecule has 0 saturated heterocycles. The van der Waals surface area contributed by atoms with Gasteiger partial charge in [-0.3, -0.25) is 0 Å². The lowest BCUT2D eigenvalue weighted by atomic mass is 10.1. The topological polar surface area (TPSA) is 0 Å². The van der Waals surface area contributed by atoms with Gasteiger partial charge in [-0.1, -0.05) is 195 Å². The maximum atomic E-state index is 4.35. The van der Waals surface area contributed by atoms with Gasteiger partial charge in [-0.2, -0.15) is 0 Å². The molecule has 41 heavy (non-hydrogen) atoms. The van der Waals surface area contributed by atoms with Crippen LogP contribution in [-0.2, 0) is 4.28 Å². The Morgan fingerprint density at radius 2 is 0.659 bits per heavy atom. The SMILES string of the molecule is C[Si](C)(C)C(c1cc(C([Si](C)(C)C)([Si](C)(C)C)[Si](C)(C)C)cc(C([Si](C)(C)C)[Si](C)(C)C)c1[Si](Br)(Br)Br)[Si](C)(C)C. The van der Waals surface area contributed by atoms with Crippen LogP contribution in [0.15, 0.2) is 12.1 Å². The van der Waals surface area contributed by atoms with Gasteiger partial charge in [-0.05, 0) is 36.5 Å². The van der Waals surface area contributed by atoms with Crippen LogP contribution in [0.4, 0.5) is 0 Å². The van der Waals surface area contributed by atoms with E-state index in [1.165, 1.54) is 0 Å². The summed E-state index contributed by atoms with van der Waals surface area (Å²) in [5.41, 5.74) is 5.26. The molecular formula is C30H67Br3Si8. The molecule has 0 heterocycles. The predicted octanol–water partition coefficient (Wildman–Crippen LogP) is 12.6. The smallest absolute Gasteiger partial charge is 0.0910 e. The fourth-order valence-electron chi connectivity index (χ4n) is 10.8. The van der Waals surface area contributed by atoms with Gasteiger partial charge in [0.15, 0.2) is 0 Å². The van der Waals surface area contributed by atoms with Gasteiger partial charge in [-0.25, -0.2) is 0 Å². The van der Waals surface area contributed by atoms with Gasteiger partial charge >= 0.3 is 0 Å². The van der Waals surface area contributed by atoms with E-state index in [-0.39, 0.29) is 0 Å². The molecule has 0 fully saturated rings. The molecular weight excluding hydrogens is 825 g/mol. The lowest BCUT2D eigenvalue weighted by Gasteiger charge is -2.60. The van der Waals surface area contributed by atoms with Gasteiger partial charge in [0.25, 0.3) is 3.93 Å². The summed E-state index contributed by atoms with van der Waals surface area (Å²) in [6.45, 7) is 56.4. The summed E-state index contributed by atoms with van der Waals surface area (Å²) in [5.74, 6) is 0. The van der Waals surface area contributed by atoms with E-state index in [9.17, 15) is 0 Å². The van der Waals surface area contributed by atoms with Gasteiger partial charge in [0.1, 0.15) is 0 Å². The van der Waals surface area contributed by atoms with E-state index >= 15 is 0 Å². The number of benzene rings is 1. The van der Waals surface area contributed by atoms with Crippen molar-refractivity contribution in [2.24, 2.45) is 0 Å². The summed E-state index contributed by atoms with van der Waals surface area (Å²) >= 11 is 13.0. The van der Waals surface area contributed by atoms with Crippen LogP contribution in [0.1, 0.15) is 27.0 Å². The van der Waals surface area contributed by atoms with Gasteiger partial charge < -0.3 is 0 Å². The van der Waals surface area contributed by atoms with Crippen molar-refractivity contribution in [1.82, 2.24) is 0 Å². The zero-order chi connectivity index (χ0) is 33.4. The van der Waals surface area contributed by atoms with Gasteiger partial charge in [-0.15, -0.1) is 0 Å². The van der Waals surface area contributed by atoms with E-state index < -0.39 is 60.4 Å². The van der Waals surface area contributed by atoms with E-state index in [0.29, 0.717) is 14.6 Å². The minimum absolute atomic E-state index is 0.372. The highest BCUT2D eigenvalue weighted by atomic mass is 80.0. The Morgan fingerprint density at radius 1 is 0.439 bits per heavy atom. The minimum atomic E-state index is -2.22. The molecule has 0 N–H and O–H groups in total. The second-order valence-corrected chi connectivity index (χ2v) is 81.8. The lowest BCUT2D eigenvalue weighted by molar-refractivity contribution is 0.995. The normalized spacial score (nSPS) is 15.8. The molecule has 1 aromatic rings. The number of hydrogen-bond acceptors (Lipinski definition) is 0. The van der Waals surface area contributed by atoms with Crippen molar-refractivity contribution in [3.05, 3.63) is 28.8 Å². The van der Waals surface area contributed by atoms with Crippen LogP contribution in [0.3, 0.4) is 0 Å². The molecule has 11 heteroatoms. The van der Waals surface area contributed by atoms with E-state index in [1.807, 2.05) is 0 Å². The molecule has 0 aliphatic heterocycles. The average molecular weight is 892 g/mol. The van der Waals surface area contributed by atoms with E-state index in [4.69, 9.17) is 0 Å². The first-order valence-corrected chi connectivity index (χ1v) is 49.3. The maximum Gasteiger partial charge on any atom is 0.298 e. The summed E-state index contributed by atoms with van der Waals surface area (Å²) < 4.78 is -1.85. The largest absolute Gasteiger partial charge is 0.298 e. The van der Waals surface area contributed by atoms with E-state index in [0.717, 1.165) is 0 Å². The van der Waals surface area contributed by atoms with Crippen molar-refractivity contribution < 1.29 is 0 Å². The van der Waals surface area contributed by atoms with Crippen molar-refractivity contribution in [1.29, 1.82) is 0 Å². The zero-order valence-corrected chi connectivity index (χ0v) is 43.7. The highest BCUT2D eigenvalue weighted by Gasteiger charge is 2.61. The molecule has 0 bridgehead atoms. The quantitative estimate of drug-likeness (QED) is 0.153. The molecule has 240 valence electrons. The summed E-state index contributed by atoms with van der Waals surface area (Å²) in [4.78, 5) is 0. The van der Waals surface area contributed by atoms with Crippen molar-refractivity contribution >= 4 is 112 Å². The Labute approximate surface area is 289 Å². The standard InChI is InChI=1S/C30H67Br3Si8/c1-34(2,3)28(35(4,5)6)25-22-24(30(38(13,14)15,39(16,17)18)40(19,20)21)23-26(27(25)41(31,32)33)29(36(7,8)9)37(10,11)12/h22-23,28-29H,1-21H3. The van der Waals surface area contributed by atoms with E-state index in [1.54, 1.807) is 21.9 Å². The third-order valence-corrected chi connectivity index (χ3v) is 53.8. The zero-order valence-electron chi connectivity index (χ0n) is 30.9. The highest BCUT2D eigenvalue weighted by molar-refractivity contribution is 9.72. The molecule has 0 aliphatic carbocycles. The van der Waals surface area contributed by atoms with Crippen LogP contribution < -0.4 is 5.19 Å². The summed E-state index contributed by atoms with van der Waals surface area (Å²) in [7, 11) is -11.3. The van der Waals surface area contributed by atoms with Crippen molar-refractivity contribution in [2.75, 3.05) is 0 Å². The second-order valence-electron chi connectivity index (χ2n) is 20.4. The molecule has 0 atom stereocenters. The average Bonchev–Trinajstić information content (AvgIpc) is 2.50. The van der Waals surface area contributed by atoms with Crippen LogP contribution in [0.25, 0.3) is 0 Å². The molecule has 0 unspecified atom stereocenters. The lowest BCUT2D eigenvalue weighted by Crippen LogP contribution is -2.74. The van der Waals surface area contributed by atoms with Crippen LogP contribution >= 0.6 is 45.9 Å². The molecule has 1 rings (SSSR count). The third-order valence-electron chi connectivity index (χ3n) is 9.38. The first-order valence-electron chi connectivity index (χ1n) is 15.7. The van der Waals surface area contributed by atoms with Gasteiger partial charge in [0, 0.05) is 56.5 Å². The fourth-order valence-corrected chi connectivity index (χ4v) is 72.1. The Hall–Kier alpha value is 2.40. The minimum Gasteiger partial charge on any atom is -0.0910 e. The third kappa shape index (κ3) is 8.66. The van der Waals surface area contributed by atoms with Crippen molar-refractivity contribution in [2.45, 2.75) is 152 Å². The molecule has 0 spiro atoms. The Balaban J connectivity index is 4.99. The Morgan fingerprint density at radius 3 is 0.805 bits per heavy atom. The second kappa shape index (κ2) is 12.4. The first kappa shape index (κ1) is 41.4. The van der Waals surface area contributed by atoms with Crippen molar-refractivity contribution in [3.8, 4) is 0 Å². The fraction of sp³-hybridized carbons (Fsp3) is 0.800. The molecule has 0 nitrogen and oxygen atoms in total. The van der Waals surface area contributed by atoms with Crippen molar-refractivity contribution in [3.63, 3.8) is 0 Å². The van der Waals surface area contributed by atoms with Gasteiger partial charge in [0.2, 0.25) is 0 Å². The monoisotopic (exact) mass is 888 g/mol. The maximum absolute atomic E-state index is 4.35. The van der Waals surface area contributed by atoms with Crippen LogP contribution in [0, 0.1) is 0 Å². The highest BCUT2D eigenvalue weighted by Crippen LogP contribution is 2.52. The first-order chi connectivity index (χ1) is 17.4. The van der Waals surface area contributed by atoms with Crippen LogP contribution in [0.2, 0.25) is 137 Å². The number of rotatable bonds is 11. The van der Waals surface area contributed by atoms with Crippen LogP contribution in [0.5, 0.6) is 0 Å². The number of halogens is 3. The molecule has 1 aromatic carbocycles. The Bertz CT molecular complexity index is 962. The summed E-state index contributed by atoms with van der Waals surface area (Å²) in [5, 5.41) is 3.08. The summed E-state index contributed by atoms with van der Waals surface area (Å²) in [6.07, 6.45) is 0. The molecule has 0 saturated carbocycles. The molecule has 0 radical (unpaired) electrons. The van der Waals surface area contributed by atoms with Gasteiger partial charge in [0.05, 0.1) is 0 Å². The van der Waals surface area contributed by atoms with Crippen LogP contribution in [-0.4, -0.2) is 60.4 Å². The molecule has 0 amide bonds. The Kier molecular flexibility index (Phi) is 12.6. The predicted molar refractivity (Wildman–Crippen MR) is 229 cm³/mol. The molecule has 0 aliphatic rings. The number of hydrogen-bond donors (Lipinski definition) is 0. The van der Waals surface area contributed by atoms with E-state index in [2.05, 4.69) is 195 Å².